The maximum atomic E-state index is 12.3. The summed E-state index contributed by atoms with van der Waals surface area (Å²) in [5, 5.41) is 29.5. The third kappa shape index (κ3) is 17.1. The van der Waals surface area contributed by atoms with Gasteiger partial charge in [0.05, 0.1) is 140 Å². The van der Waals surface area contributed by atoms with Crippen LogP contribution in [0, 0.1) is 0 Å². The van der Waals surface area contributed by atoms with Gasteiger partial charge in [0.25, 0.3) is 11.8 Å². The molecule has 2 amide bonds. The molecule has 32 heteroatoms. The minimum absolute atomic E-state index is 0.0313. The summed E-state index contributed by atoms with van der Waals surface area (Å²) in [6.07, 6.45) is 26.2. The van der Waals surface area contributed by atoms with Crippen molar-refractivity contribution in [2.75, 3.05) is 54.8 Å². The number of aromatic carboxylic acids is 1. The van der Waals surface area contributed by atoms with E-state index < -0.39 is 5.97 Å². The van der Waals surface area contributed by atoms with E-state index >= 15 is 0 Å². The van der Waals surface area contributed by atoms with Crippen LogP contribution >= 0.6 is 45.3 Å². The number of anilines is 14. The monoisotopic (exact) mass is 1250 g/mol. The SMILES string of the molecule is Nc1ccncc1N.Nc1ccncc1NC(=O)c1ncsc1Nc1cccnc1.Nc1cnccc1NC(=O)c1ncsc1Nc1cccnc1.O=C(O)c1ncsc1Nc1cccnc1.c1cncc(Nc2scnc2-c2nc3ccncc3[nH]2)c1. The Morgan fingerprint density at radius 2 is 0.830 bits per heavy atom. The normalized spacial score (nSPS) is 10.2. The number of thiazole rings is 4. The van der Waals surface area contributed by atoms with Crippen LogP contribution in [0.4, 0.5) is 76.9 Å². The van der Waals surface area contributed by atoms with Crippen molar-refractivity contribution < 1.29 is 19.5 Å². The highest BCUT2D eigenvalue weighted by Crippen LogP contribution is 2.33. The number of imidazole rings is 1. The Morgan fingerprint density at radius 3 is 1.30 bits per heavy atom. The Balaban J connectivity index is 0.000000135. The van der Waals surface area contributed by atoms with E-state index in [0.717, 1.165) is 50.3 Å². The molecule has 0 atom stereocenters. The molecule has 440 valence electrons. The summed E-state index contributed by atoms with van der Waals surface area (Å²) < 4.78 is 0. The number of pyridine rings is 8. The number of carbonyl (C=O) groups excluding carboxylic acids is 2. The summed E-state index contributed by atoms with van der Waals surface area (Å²) >= 11 is 5.43. The largest absolute Gasteiger partial charge is 0.476 e. The van der Waals surface area contributed by atoms with Gasteiger partial charge in [-0.2, -0.15) is 0 Å². The topological polar surface area (TPSA) is 431 Å². The van der Waals surface area contributed by atoms with Gasteiger partial charge in [-0.3, -0.25) is 49.5 Å². The van der Waals surface area contributed by atoms with Gasteiger partial charge < -0.3 is 64.9 Å². The molecular weight excluding hydrogens is 1200 g/mol. The standard InChI is InChI=1S/2C14H12N6OS.C14H10N6S.C9H7N3O2S.C5H7N3/c15-10-7-17-5-3-11(10)20-13(21)12-14(22-8-18-12)19-9-2-1-4-16-6-9;15-10-3-5-17-7-11(10)20-13(21)12-14(22-8-18-12)19-9-2-1-4-16-6-9;1-2-9(6-15-4-1)18-14-12(17-8-21-14)13-19-10-3-5-16-7-11(10)20-13;13-9(14)7-8(15-5-11-7)12-6-2-1-3-10-4-6;6-4-1-2-8-3-5(4)7/h1-8,19H,15H2,(H,17,20,21);1-8,19H,(H2,15,17)(H,20,21);1-8,18H,(H,19,20);1-5,12H,(H,13,14);1-3H,7H2,(H2,6,8). The van der Waals surface area contributed by atoms with Gasteiger partial charge in [-0.05, 0) is 72.8 Å². The van der Waals surface area contributed by atoms with Crippen molar-refractivity contribution in [1.82, 2.24) is 69.8 Å². The van der Waals surface area contributed by atoms with Crippen molar-refractivity contribution in [2.24, 2.45) is 0 Å². The molecule has 0 fully saturated rings. The van der Waals surface area contributed by atoms with Gasteiger partial charge in [0.1, 0.15) is 25.7 Å². The highest BCUT2D eigenvalue weighted by Gasteiger charge is 2.19. The van der Waals surface area contributed by atoms with Crippen LogP contribution in [0.5, 0.6) is 0 Å². The molecule has 0 saturated heterocycles. The number of nitrogens with one attached hydrogen (secondary N) is 7. The van der Waals surface area contributed by atoms with Crippen LogP contribution in [0.15, 0.2) is 194 Å². The molecule has 0 bridgehead atoms. The molecule has 0 unspecified atom stereocenters. The Labute approximate surface area is 514 Å². The van der Waals surface area contributed by atoms with Gasteiger partial charge in [-0.15, -0.1) is 45.3 Å². The lowest BCUT2D eigenvalue weighted by atomic mass is 10.3. The Hall–Kier alpha value is -12.0. The van der Waals surface area contributed by atoms with Crippen molar-refractivity contribution >= 4 is 151 Å². The van der Waals surface area contributed by atoms with Crippen molar-refractivity contribution in [3.8, 4) is 11.5 Å². The first-order chi connectivity index (χ1) is 42.9. The van der Waals surface area contributed by atoms with Crippen LogP contribution in [0.1, 0.15) is 31.5 Å². The number of aromatic nitrogens is 14. The summed E-state index contributed by atoms with van der Waals surface area (Å²) in [5.74, 6) is -1.01. The lowest BCUT2D eigenvalue weighted by molar-refractivity contribution is 0.0692. The van der Waals surface area contributed by atoms with E-state index in [1.54, 1.807) is 140 Å². The van der Waals surface area contributed by atoms with Crippen LogP contribution in [0.3, 0.4) is 0 Å². The first-order valence-corrected chi connectivity index (χ1v) is 28.9. The zero-order valence-corrected chi connectivity index (χ0v) is 48.7. The van der Waals surface area contributed by atoms with Gasteiger partial charge in [0.2, 0.25) is 0 Å². The number of hydrogen-bond acceptors (Lipinski definition) is 28. The molecule has 88 heavy (non-hydrogen) atoms. The van der Waals surface area contributed by atoms with Crippen molar-refractivity contribution in [1.29, 1.82) is 0 Å². The molecule has 28 nitrogen and oxygen atoms in total. The first kappa shape index (κ1) is 60.6. The summed E-state index contributed by atoms with van der Waals surface area (Å²) in [7, 11) is 0. The molecule has 0 radical (unpaired) electrons. The third-order valence-corrected chi connectivity index (χ3v) is 14.1. The van der Waals surface area contributed by atoms with E-state index in [0.29, 0.717) is 54.8 Å². The molecule has 16 N–H and O–H groups in total. The molecule has 0 saturated carbocycles. The number of carboxylic acids is 1. The second kappa shape index (κ2) is 30.5. The summed E-state index contributed by atoms with van der Waals surface area (Å²) in [6.45, 7) is 0. The molecule has 13 heterocycles. The fraction of sp³-hybridized carbons (Fsp3) is 0. The quantitative estimate of drug-likeness (QED) is 0.0481. The van der Waals surface area contributed by atoms with Crippen LogP contribution < -0.4 is 54.8 Å². The number of amides is 2. The molecule has 13 aromatic heterocycles. The van der Waals surface area contributed by atoms with Crippen LogP contribution in [-0.2, 0) is 0 Å². The predicted molar refractivity (Wildman–Crippen MR) is 345 cm³/mol. The Kier molecular flexibility index (Phi) is 21.0. The van der Waals surface area contributed by atoms with Gasteiger partial charge in [0, 0.05) is 49.6 Å². The van der Waals surface area contributed by atoms with E-state index in [1.165, 1.54) is 69.4 Å². The summed E-state index contributed by atoms with van der Waals surface area (Å²) in [6, 6.07) is 21.5. The number of nitrogen functional groups attached to an aromatic ring is 4. The molecular formula is C56H48N24O4S4. The molecule has 0 aromatic carbocycles. The molecule has 0 aliphatic rings. The second-order valence-electron chi connectivity index (χ2n) is 17.2. The van der Waals surface area contributed by atoms with Gasteiger partial charge in [-0.1, -0.05) is 0 Å². The maximum Gasteiger partial charge on any atom is 0.357 e. The molecule has 13 aromatic rings. The summed E-state index contributed by atoms with van der Waals surface area (Å²) in [5.41, 5.74) is 38.0. The molecule has 0 aliphatic heterocycles. The number of nitrogens with zero attached hydrogens (tertiary/aromatic N) is 13. The van der Waals surface area contributed by atoms with Crippen LogP contribution in [0.25, 0.3) is 22.6 Å². The minimum Gasteiger partial charge on any atom is -0.476 e. The molecule has 13 rings (SSSR count). The number of aromatic amines is 1. The lowest BCUT2D eigenvalue weighted by Crippen LogP contribution is -2.15. The number of carboxylic acid groups (broad SMARTS) is 1. The Bertz CT molecular complexity index is 4160. The van der Waals surface area contributed by atoms with Crippen molar-refractivity contribution in [3.63, 3.8) is 0 Å². The average molecular weight is 1250 g/mol. The van der Waals surface area contributed by atoms with Gasteiger partial charge in [-0.25, -0.2) is 29.7 Å². The smallest absolute Gasteiger partial charge is 0.357 e. The van der Waals surface area contributed by atoms with E-state index in [1.807, 2.05) is 30.3 Å². The number of fused-ring (bicyclic) bond motifs is 1. The van der Waals surface area contributed by atoms with E-state index in [-0.39, 0.29) is 23.2 Å². The van der Waals surface area contributed by atoms with Crippen molar-refractivity contribution in [3.05, 3.63) is 211 Å². The number of H-pyrrole nitrogens is 1. The zero-order chi connectivity index (χ0) is 61.5. The summed E-state index contributed by atoms with van der Waals surface area (Å²) in [4.78, 5) is 91.3. The fourth-order valence-corrected chi connectivity index (χ4v) is 9.82. The fourth-order valence-electron chi connectivity index (χ4n) is 7.03. The number of carbonyl (C=O) groups is 3. The maximum absolute atomic E-state index is 12.3. The first-order valence-electron chi connectivity index (χ1n) is 25.4. The zero-order valence-electron chi connectivity index (χ0n) is 45.4. The third-order valence-electron chi connectivity index (χ3n) is 11.2. The highest BCUT2D eigenvalue weighted by molar-refractivity contribution is 7.15. The molecule has 0 spiro atoms. The Morgan fingerprint density at radius 1 is 0.409 bits per heavy atom. The number of hydrogen-bond donors (Lipinski definition) is 12. The predicted octanol–water partition coefficient (Wildman–Crippen LogP) is 10.5. The van der Waals surface area contributed by atoms with Crippen LogP contribution in [-0.4, -0.2) is 92.7 Å². The van der Waals surface area contributed by atoms with E-state index in [2.05, 4.69) is 102 Å². The van der Waals surface area contributed by atoms with Crippen molar-refractivity contribution in [2.45, 2.75) is 0 Å². The molecule has 0 aliphatic carbocycles. The lowest BCUT2D eigenvalue weighted by Gasteiger charge is -2.08. The van der Waals surface area contributed by atoms with E-state index in [4.69, 9.17) is 28.0 Å². The minimum atomic E-state index is -1.04. The average Bonchev–Trinajstić information content (AvgIpc) is 3.62. The van der Waals surface area contributed by atoms with Gasteiger partial charge >= 0.3 is 5.97 Å². The van der Waals surface area contributed by atoms with Crippen LogP contribution in [0.2, 0.25) is 0 Å². The van der Waals surface area contributed by atoms with E-state index in [9.17, 15) is 14.4 Å². The highest BCUT2D eigenvalue weighted by atomic mass is 32.1. The number of rotatable bonds is 14. The second-order valence-corrected chi connectivity index (χ2v) is 20.6. The van der Waals surface area contributed by atoms with Gasteiger partial charge in [0.15, 0.2) is 22.9 Å². The number of nitrogens with two attached hydrogens (primary N) is 4.